The summed E-state index contributed by atoms with van der Waals surface area (Å²) in [7, 11) is 0. The summed E-state index contributed by atoms with van der Waals surface area (Å²) in [5.41, 5.74) is 7.38. The molecule has 5 nitrogen and oxygen atoms in total. The number of halogens is 3. The van der Waals surface area contributed by atoms with E-state index in [4.69, 9.17) is 5.73 Å². The first-order chi connectivity index (χ1) is 12.1. The average molecular weight is 454 g/mol. The molecule has 2 fully saturated rings. The number of benzene rings is 1. The van der Waals surface area contributed by atoms with E-state index < -0.39 is 0 Å². The van der Waals surface area contributed by atoms with Gasteiger partial charge in [0.05, 0.1) is 0 Å². The fourth-order valence-electron chi connectivity index (χ4n) is 4.15. The van der Waals surface area contributed by atoms with Gasteiger partial charge in [-0.2, -0.15) is 0 Å². The largest absolute Gasteiger partial charge is 0.369 e. The van der Waals surface area contributed by atoms with Crippen LogP contribution >= 0.6 is 37.2 Å². The summed E-state index contributed by atoms with van der Waals surface area (Å²) >= 11 is 0. The van der Waals surface area contributed by atoms with Crippen LogP contribution in [0.1, 0.15) is 32.6 Å². The Labute approximate surface area is 188 Å². The molecule has 3 N–H and O–H groups in total. The molecule has 1 saturated carbocycles. The van der Waals surface area contributed by atoms with Crippen molar-refractivity contribution in [2.45, 2.75) is 44.7 Å². The number of nitrogens with two attached hydrogens (primary N) is 1. The molecule has 1 heterocycles. The summed E-state index contributed by atoms with van der Waals surface area (Å²) < 4.78 is 0. The lowest BCUT2D eigenvalue weighted by atomic mass is 10.00. The van der Waals surface area contributed by atoms with Crippen LogP contribution in [0.3, 0.4) is 0 Å². The zero-order valence-corrected chi connectivity index (χ0v) is 19.0. The van der Waals surface area contributed by atoms with Crippen molar-refractivity contribution in [1.82, 2.24) is 10.2 Å². The SMILES string of the molecule is CC(CN1CCN(c2ccccc2)CC1)NC(=O)C[C@@H]1CCC[C@H]1N.Cl.Cl.Cl. The standard InChI is InChI=1S/C20H32N4O.3ClH/c1-16(22-20(25)14-17-6-5-9-19(17)21)15-23-10-12-24(13-11-23)18-7-3-2-4-8-18;;;/h2-4,7-8,16-17,19H,5-6,9-15,21H2,1H3,(H,22,25);3*1H/t16?,17-,19+;;;/m0.../s1. The van der Waals surface area contributed by atoms with E-state index in [2.05, 4.69) is 52.4 Å². The van der Waals surface area contributed by atoms with E-state index in [0.717, 1.165) is 45.6 Å². The van der Waals surface area contributed by atoms with Gasteiger partial charge in [0.1, 0.15) is 0 Å². The van der Waals surface area contributed by atoms with E-state index in [0.29, 0.717) is 12.3 Å². The number of nitrogens with one attached hydrogen (secondary N) is 1. The summed E-state index contributed by atoms with van der Waals surface area (Å²) in [6.07, 6.45) is 3.93. The molecule has 1 aliphatic carbocycles. The van der Waals surface area contributed by atoms with Gasteiger partial charge < -0.3 is 16.0 Å². The van der Waals surface area contributed by atoms with Crippen LogP contribution in [-0.4, -0.2) is 55.6 Å². The second-order valence-electron chi connectivity index (χ2n) is 7.65. The van der Waals surface area contributed by atoms with Gasteiger partial charge in [-0.3, -0.25) is 9.69 Å². The molecule has 1 saturated heterocycles. The van der Waals surface area contributed by atoms with E-state index >= 15 is 0 Å². The fraction of sp³-hybridized carbons (Fsp3) is 0.650. The smallest absolute Gasteiger partial charge is 0.220 e. The summed E-state index contributed by atoms with van der Waals surface area (Å²) in [5.74, 6) is 0.541. The molecule has 1 aromatic carbocycles. The van der Waals surface area contributed by atoms with Crippen LogP contribution in [0.25, 0.3) is 0 Å². The Balaban J connectivity index is 0.00000243. The Morgan fingerprint density at radius 3 is 2.32 bits per heavy atom. The van der Waals surface area contributed by atoms with Crippen LogP contribution < -0.4 is 16.0 Å². The van der Waals surface area contributed by atoms with Crippen LogP contribution in [0.15, 0.2) is 30.3 Å². The molecule has 162 valence electrons. The number of anilines is 1. The van der Waals surface area contributed by atoms with Crippen LogP contribution in [-0.2, 0) is 4.79 Å². The number of rotatable bonds is 6. The fourth-order valence-corrected chi connectivity index (χ4v) is 4.15. The highest BCUT2D eigenvalue weighted by Crippen LogP contribution is 2.26. The minimum absolute atomic E-state index is 0. The maximum atomic E-state index is 12.2. The molecule has 3 atom stereocenters. The molecule has 1 amide bonds. The van der Waals surface area contributed by atoms with Gasteiger partial charge in [0.2, 0.25) is 5.91 Å². The molecule has 0 radical (unpaired) electrons. The normalized spacial score (nSPS) is 23.0. The zero-order chi connectivity index (χ0) is 17.6. The van der Waals surface area contributed by atoms with Crippen LogP contribution in [0.4, 0.5) is 5.69 Å². The highest BCUT2D eigenvalue weighted by atomic mass is 35.5. The number of hydrogen-bond acceptors (Lipinski definition) is 4. The number of amides is 1. The van der Waals surface area contributed by atoms with Gasteiger partial charge >= 0.3 is 0 Å². The van der Waals surface area contributed by atoms with E-state index in [9.17, 15) is 4.79 Å². The molecule has 1 aliphatic heterocycles. The van der Waals surface area contributed by atoms with Crippen molar-refractivity contribution in [3.63, 3.8) is 0 Å². The number of piperazine rings is 1. The van der Waals surface area contributed by atoms with Crippen molar-refractivity contribution in [3.05, 3.63) is 30.3 Å². The molecule has 2 aliphatic rings. The summed E-state index contributed by atoms with van der Waals surface area (Å²) in [6.45, 7) is 7.20. The van der Waals surface area contributed by atoms with Crippen LogP contribution in [0, 0.1) is 5.92 Å². The number of para-hydroxylation sites is 1. The molecule has 0 aromatic heterocycles. The third kappa shape index (κ3) is 7.96. The quantitative estimate of drug-likeness (QED) is 0.695. The number of carbonyl (C=O) groups excluding carboxylic acids is 1. The van der Waals surface area contributed by atoms with Crippen LogP contribution in [0.5, 0.6) is 0 Å². The second kappa shape index (κ2) is 13.5. The number of carbonyl (C=O) groups is 1. The highest BCUT2D eigenvalue weighted by molar-refractivity contribution is 5.86. The summed E-state index contributed by atoms with van der Waals surface area (Å²) in [5, 5.41) is 3.17. The van der Waals surface area contributed by atoms with Crippen LogP contribution in [0.2, 0.25) is 0 Å². The Morgan fingerprint density at radius 2 is 1.75 bits per heavy atom. The molecule has 8 heteroatoms. The first kappa shape index (κ1) is 27.3. The van der Waals surface area contributed by atoms with Crippen molar-refractivity contribution in [3.8, 4) is 0 Å². The van der Waals surface area contributed by atoms with Gasteiger partial charge in [-0.25, -0.2) is 0 Å². The van der Waals surface area contributed by atoms with E-state index in [1.54, 1.807) is 0 Å². The van der Waals surface area contributed by atoms with Gasteiger partial charge in [0, 0.05) is 56.9 Å². The van der Waals surface area contributed by atoms with Crippen molar-refractivity contribution >= 4 is 48.8 Å². The second-order valence-corrected chi connectivity index (χ2v) is 7.65. The Bertz CT molecular complexity index is 556. The minimum Gasteiger partial charge on any atom is -0.369 e. The summed E-state index contributed by atoms with van der Waals surface area (Å²) in [4.78, 5) is 17.1. The predicted octanol–water partition coefficient (Wildman–Crippen LogP) is 3.10. The van der Waals surface area contributed by atoms with Crippen molar-refractivity contribution < 1.29 is 4.79 Å². The first-order valence-electron chi connectivity index (χ1n) is 9.69. The lowest BCUT2D eigenvalue weighted by molar-refractivity contribution is -0.122. The van der Waals surface area contributed by atoms with Gasteiger partial charge in [-0.1, -0.05) is 24.6 Å². The third-order valence-electron chi connectivity index (χ3n) is 5.60. The summed E-state index contributed by atoms with van der Waals surface area (Å²) in [6, 6.07) is 11.0. The maximum absolute atomic E-state index is 12.2. The van der Waals surface area contributed by atoms with Crippen molar-refractivity contribution in [1.29, 1.82) is 0 Å². The van der Waals surface area contributed by atoms with Gasteiger partial charge in [-0.15, -0.1) is 37.2 Å². The lowest BCUT2D eigenvalue weighted by Crippen LogP contribution is -2.51. The number of hydrogen-bond donors (Lipinski definition) is 2. The molecule has 28 heavy (non-hydrogen) atoms. The van der Waals surface area contributed by atoms with Crippen molar-refractivity contribution in [2.75, 3.05) is 37.6 Å². The zero-order valence-electron chi connectivity index (χ0n) is 16.6. The molecule has 0 bridgehead atoms. The predicted molar refractivity (Wildman–Crippen MR) is 124 cm³/mol. The monoisotopic (exact) mass is 452 g/mol. The Hall–Kier alpha value is -0.720. The van der Waals surface area contributed by atoms with Crippen molar-refractivity contribution in [2.24, 2.45) is 11.7 Å². The van der Waals surface area contributed by atoms with Gasteiger partial charge in [-0.05, 0) is 37.8 Å². The molecule has 3 rings (SSSR count). The van der Waals surface area contributed by atoms with E-state index in [1.807, 2.05) is 0 Å². The first-order valence-corrected chi connectivity index (χ1v) is 9.69. The van der Waals surface area contributed by atoms with Gasteiger partial charge in [0.15, 0.2) is 0 Å². The lowest BCUT2D eigenvalue weighted by Gasteiger charge is -2.37. The average Bonchev–Trinajstić information content (AvgIpc) is 3.01. The third-order valence-corrected chi connectivity index (χ3v) is 5.60. The maximum Gasteiger partial charge on any atom is 0.220 e. The molecule has 0 spiro atoms. The Kier molecular flexibility index (Phi) is 13.1. The van der Waals surface area contributed by atoms with E-state index in [1.165, 1.54) is 12.1 Å². The molecular weight excluding hydrogens is 419 g/mol. The Morgan fingerprint density at radius 1 is 1.11 bits per heavy atom. The molecule has 1 aromatic rings. The highest BCUT2D eigenvalue weighted by Gasteiger charge is 2.26. The molecule has 1 unspecified atom stereocenters. The number of nitrogens with zero attached hydrogens (tertiary/aromatic N) is 2. The van der Waals surface area contributed by atoms with Gasteiger partial charge in [0.25, 0.3) is 0 Å². The van der Waals surface area contributed by atoms with E-state index in [-0.39, 0.29) is 55.2 Å². The minimum atomic E-state index is 0. The topological polar surface area (TPSA) is 61.6 Å². The molecular formula is C20H35Cl3N4O.